The number of nitrogens with zero attached hydrogens (tertiary/aromatic N) is 3. The molecule has 0 radical (unpaired) electrons. The zero-order valence-electron chi connectivity index (χ0n) is 17.2. The summed E-state index contributed by atoms with van der Waals surface area (Å²) in [5.41, 5.74) is 4.15. The van der Waals surface area contributed by atoms with Crippen molar-refractivity contribution in [2.24, 2.45) is 0 Å². The van der Waals surface area contributed by atoms with Crippen molar-refractivity contribution in [3.8, 4) is 11.1 Å². The average molecular weight is 436 g/mol. The molecule has 2 aliphatic rings. The Balaban J connectivity index is 0.00000150. The summed E-state index contributed by atoms with van der Waals surface area (Å²) < 4.78 is 0. The first-order chi connectivity index (χ1) is 13.1. The van der Waals surface area contributed by atoms with Gasteiger partial charge < -0.3 is 9.80 Å². The van der Waals surface area contributed by atoms with E-state index in [1.54, 1.807) is 19.0 Å². The Kier molecular flexibility index (Phi) is 8.50. The summed E-state index contributed by atoms with van der Waals surface area (Å²) in [5.74, 6) is 0.624. The predicted octanol–water partition coefficient (Wildman–Crippen LogP) is 5.03. The van der Waals surface area contributed by atoms with Crippen LogP contribution in [0.2, 0.25) is 0 Å². The highest BCUT2D eigenvalue weighted by Crippen LogP contribution is 2.33. The van der Waals surface area contributed by atoms with Gasteiger partial charge in [0.25, 0.3) is 5.91 Å². The zero-order valence-corrected chi connectivity index (χ0v) is 18.8. The molecule has 1 aromatic carbocycles. The zero-order chi connectivity index (χ0) is 18.8. The maximum Gasteiger partial charge on any atom is 0.253 e. The number of halogens is 2. The summed E-state index contributed by atoms with van der Waals surface area (Å²) in [6, 6.07) is 13.0. The molecule has 0 unspecified atom stereocenters. The van der Waals surface area contributed by atoms with E-state index in [0.29, 0.717) is 11.5 Å². The topological polar surface area (TPSA) is 36.4 Å². The Hall–Kier alpha value is -1.62. The molecule has 0 atom stereocenters. The van der Waals surface area contributed by atoms with E-state index in [-0.39, 0.29) is 30.7 Å². The van der Waals surface area contributed by atoms with Gasteiger partial charge in [-0.1, -0.05) is 24.6 Å². The number of carbonyl (C=O) groups excluding carboxylic acids is 1. The lowest BCUT2D eigenvalue weighted by Crippen LogP contribution is -2.44. The summed E-state index contributed by atoms with van der Waals surface area (Å²) in [5, 5.41) is 0. The molecule has 2 fully saturated rings. The molecule has 1 aliphatic carbocycles. The van der Waals surface area contributed by atoms with Crippen molar-refractivity contribution in [1.82, 2.24) is 14.8 Å². The van der Waals surface area contributed by atoms with Gasteiger partial charge in [0.05, 0.1) is 0 Å². The van der Waals surface area contributed by atoms with Crippen molar-refractivity contribution in [2.45, 2.75) is 44.1 Å². The lowest BCUT2D eigenvalue weighted by Gasteiger charge is -2.41. The minimum Gasteiger partial charge on any atom is -0.345 e. The van der Waals surface area contributed by atoms with E-state index in [9.17, 15) is 4.79 Å². The summed E-state index contributed by atoms with van der Waals surface area (Å²) in [7, 11) is 3.55. The fourth-order valence-electron chi connectivity index (χ4n) is 4.19. The fraction of sp³-hybridized carbons (Fsp3) is 0.478. The van der Waals surface area contributed by atoms with E-state index >= 15 is 0 Å². The van der Waals surface area contributed by atoms with E-state index in [1.165, 1.54) is 50.9 Å². The molecule has 0 bridgehead atoms. The van der Waals surface area contributed by atoms with Crippen LogP contribution in [0.5, 0.6) is 0 Å². The van der Waals surface area contributed by atoms with Gasteiger partial charge >= 0.3 is 0 Å². The van der Waals surface area contributed by atoms with Crippen molar-refractivity contribution >= 4 is 30.7 Å². The van der Waals surface area contributed by atoms with Gasteiger partial charge in [0.2, 0.25) is 0 Å². The van der Waals surface area contributed by atoms with Crippen LogP contribution in [0.4, 0.5) is 0 Å². The monoisotopic (exact) mass is 435 g/mol. The summed E-state index contributed by atoms with van der Waals surface area (Å²) >= 11 is 0. The molecule has 4 nitrogen and oxygen atoms in total. The van der Waals surface area contributed by atoms with Gasteiger partial charge in [-0.05, 0) is 62.5 Å². The van der Waals surface area contributed by atoms with E-state index in [1.807, 2.05) is 30.5 Å². The number of amides is 1. The number of aromatic nitrogens is 1. The van der Waals surface area contributed by atoms with Gasteiger partial charge in [-0.25, -0.2) is 0 Å². The molecule has 6 heteroatoms. The number of rotatable bonds is 4. The van der Waals surface area contributed by atoms with E-state index in [0.717, 1.165) is 17.2 Å². The van der Waals surface area contributed by atoms with Crippen LogP contribution in [0.3, 0.4) is 0 Å². The minimum atomic E-state index is 0. The van der Waals surface area contributed by atoms with E-state index in [4.69, 9.17) is 4.98 Å². The Morgan fingerprint density at radius 3 is 2.03 bits per heavy atom. The Bertz CT molecular complexity index is 781. The molecule has 2 aromatic rings. The second-order valence-electron chi connectivity index (χ2n) is 8.14. The van der Waals surface area contributed by atoms with Gasteiger partial charge in [0, 0.05) is 49.1 Å². The third-order valence-corrected chi connectivity index (χ3v) is 6.20. The van der Waals surface area contributed by atoms with Crippen molar-refractivity contribution in [3.63, 3.8) is 0 Å². The smallest absolute Gasteiger partial charge is 0.253 e. The maximum absolute atomic E-state index is 12.0. The van der Waals surface area contributed by atoms with Gasteiger partial charge in [0.1, 0.15) is 0 Å². The highest BCUT2D eigenvalue weighted by atomic mass is 35.5. The molecular weight excluding hydrogens is 405 g/mol. The molecule has 1 aliphatic heterocycles. The number of hydrogen-bond donors (Lipinski definition) is 0. The standard InChI is InChI=1S/C23H29N3O.2ClH/c1-25(2)23(27)19-8-6-17(7-9-19)20-10-11-22(24-16-20)18-12-14-26(15-13-18)21-4-3-5-21;;/h6-11,16,18,21H,3-5,12-15H2,1-2H3;2*1H. The highest BCUT2D eigenvalue weighted by molar-refractivity contribution is 5.94. The number of carbonyl (C=O) groups is 1. The second-order valence-corrected chi connectivity index (χ2v) is 8.14. The number of benzene rings is 1. The van der Waals surface area contributed by atoms with Gasteiger partial charge in [0.15, 0.2) is 0 Å². The Labute approximate surface area is 186 Å². The van der Waals surface area contributed by atoms with Crippen LogP contribution in [0.15, 0.2) is 42.6 Å². The van der Waals surface area contributed by atoms with E-state index in [2.05, 4.69) is 17.0 Å². The molecule has 1 amide bonds. The lowest BCUT2D eigenvalue weighted by molar-refractivity contribution is 0.0827. The Morgan fingerprint density at radius 1 is 0.931 bits per heavy atom. The molecule has 4 rings (SSSR count). The van der Waals surface area contributed by atoms with Crippen LogP contribution in [0, 0.1) is 0 Å². The first kappa shape index (κ1) is 23.7. The molecule has 1 saturated heterocycles. The SMILES string of the molecule is CN(C)C(=O)c1ccc(-c2ccc(C3CCN(C4CCC4)CC3)nc2)cc1.Cl.Cl. The largest absolute Gasteiger partial charge is 0.345 e. The molecule has 0 spiro atoms. The number of pyridine rings is 1. The lowest BCUT2D eigenvalue weighted by atomic mass is 9.86. The van der Waals surface area contributed by atoms with Crippen LogP contribution >= 0.6 is 24.8 Å². The maximum atomic E-state index is 12.0. The number of piperidine rings is 1. The molecule has 1 saturated carbocycles. The van der Waals surface area contributed by atoms with Crippen LogP contribution < -0.4 is 0 Å². The predicted molar refractivity (Wildman–Crippen MR) is 123 cm³/mol. The second kappa shape index (κ2) is 10.4. The third-order valence-electron chi connectivity index (χ3n) is 6.20. The van der Waals surface area contributed by atoms with Gasteiger partial charge in [-0.15, -0.1) is 24.8 Å². The summed E-state index contributed by atoms with van der Waals surface area (Å²) in [4.78, 5) is 21.1. The van der Waals surface area contributed by atoms with Crippen LogP contribution in [0.1, 0.15) is 54.1 Å². The molecular formula is C23H31Cl2N3O. The molecule has 2 heterocycles. The molecule has 1 aromatic heterocycles. The van der Waals surface area contributed by atoms with Gasteiger partial charge in [-0.3, -0.25) is 9.78 Å². The van der Waals surface area contributed by atoms with Crippen LogP contribution in [0.25, 0.3) is 11.1 Å². The first-order valence-corrected chi connectivity index (χ1v) is 10.1. The van der Waals surface area contributed by atoms with Crippen molar-refractivity contribution in [2.75, 3.05) is 27.2 Å². The average Bonchev–Trinajstić information content (AvgIpc) is 2.67. The molecule has 0 N–H and O–H groups in total. The quantitative estimate of drug-likeness (QED) is 0.675. The van der Waals surface area contributed by atoms with Crippen LogP contribution in [-0.4, -0.2) is 53.9 Å². The van der Waals surface area contributed by atoms with Crippen molar-refractivity contribution in [1.29, 1.82) is 0 Å². The van der Waals surface area contributed by atoms with Crippen molar-refractivity contribution < 1.29 is 4.79 Å². The van der Waals surface area contributed by atoms with Crippen LogP contribution in [-0.2, 0) is 0 Å². The third kappa shape index (κ3) is 5.30. The Morgan fingerprint density at radius 2 is 1.55 bits per heavy atom. The number of likely N-dealkylation sites (tertiary alicyclic amines) is 1. The van der Waals surface area contributed by atoms with Crippen molar-refractivity contribution in [3.05, 3.63) is 53.9 Å². The van der Waals surface area contributed by atoms with E-state index < -0.39 is 0 Å². The minimum absolute atomic E-state index is 0. The normalized spacial score (nSPS) is 17.6. The summed E-state index contributed by atoms with van der Waals surface area (Å²) in [6.07, 6.45) is 8.65. The first-order valence-electron chi connectivity index (χ1n) is 10.1. The number of hydrogen-bond acceptors (Lipinski definition) is 3. The highest BCUT2D eigenvalue weighted by Gasteiger charge is 2.29. The van der Waals surface area contributed by atoms with Gasteiger partial charge in [-0.2, -0.15) is 0 Å². The molecule has 158 valence electrons. The molecule has 29 heavy (non-hydrogen) atoms. The fourth-order valence-corrected chi connectivity index (χ4v) is 4.19. The summed E-state index contributed by atoms with van der Waals surface area (Å²) in [6.45, 7) is 2.44.